The van der Waals surface area contributed by atoms with E-state index in [2.05, 4.69) is 23.1 Å². The zero-order chi connectivity index (χ0) is 16.7. The molecule has 5 nitrogen and oxygen atoms in total. The van der Waals surface area contributed by atoms with E-state index in [1.54, 1.807) is 6.07 Å². The summed E-state index contributed by atoms with van der Waals surface area (Å²) in [5.74, 6) is 0.204. The summed E-state index contributed by atoms with van der Waals surface area (Å²) in [5.41, 5.74) is 4.68. The zero-order valence-corrected chi connectivity index (χ0v) is 14.0. The van der Waals surface area contributed by atoms with E-state index in [1.165, 1.54) is 0 Å². The quantitative estimate of drug-likeness (QED) is 0.770. The highest BCUT2D eigenvalue weighted by molar-refractivity contribution is 5.97. The SMILES string of the molecule is Cc1cc(-c2c(C)cnn2C2CCCCO2)c2cccc(O)c2n1. The van der Waals surface area contributed by atoms with Gasteiger partial charge >= 0.3 is 0 Å². The molecule has 24 heavy (non-hydrogen) atoms. The van der Waals surface area contributed by atoms with Crippen LogP contribution in [0.5, 0.6) is 5.75 Å². The highest BCUT2D eigenvalue weighted by atomic mass is 16.5. The number of pyridine rings is 1. The van der Waals surface area contributed by atoms with Crippen LogP contribution in [0.3, 0.4) is 0 Å². The minimum Gasteiger partial charge on any atom is -0.506 e. The molecule has 1 saturated heterocycles. The summed E-state index contributed by atoms with van der Waals surface area (Å²) in [4.78, 5) is 4.51. The second-order valence-corrected chi connectivity index (χ2v) is 6.43. The molecule has 1 aliphatic heterocycles. The average Bonchev–Trinajstić information content (AvgIpc) is 2.97. The summed E-state index contributed by atoms with van der Waals surface area (Å²) in [5, 5.41) is 15.7. The molecule has 3 aromatic rings. The number of hydrogen-bond donors (Lipinski definition) is 1. The Morgan fingerprint density at radius 3 is 2.92 bits per heavy atom. The van der Waals surface area contributed by atoms with E-state index in [-0.39, 0.29) is 12.0 Å². The van der Waals surface area contributed by atoms with Crippen LogP contribution in [0.4, 0.5) is 0 Å². The van der Waals surface area contributed by atoms with Crippen molar-refractivity contribution in [3.63, 3.8) is 0 Å². The van der Waals surface area contributed by atoms with Gasteiger partial charge in [0, 0.05) is 23.3 Å². The fraction of sp³-hybridized carbons (Fsp3) is 0.368. The molecule has 0 radical (unpaired) electrons. The van der Waals surface area contributed by atoms with E-state index in [0.717, 1.165) is 53.8 Å². The van der Waals surface area contributed by atoms with Gasteiger partial charge in [-0.1, -0.05) is 12.1 Å². The van der Waals surface area contributed by atoms with Crippen LogP contribution in [0.25, 0.3) is 22.2 Å². The summed E-state index contributed by atoms with van der Waals surface area (Å²) in [6, 6.07) is 7.58. The molecule has 4 rings (SSSR count). The number of rotatable bonds is 2. The molecule has 0 spiro atoms. The smallest absolute Gasteiger partial charge is 0.150 e. The lowest BCUT2D eigenvalue weighted by Gasteiger charge is -2.25. The predicted octanol–water partition coefficient (Wildman–Crippen LogP) is 4.12. The summed E-state index contributed by atoms with van der Waals surface area (Å²) < 4.78 is 7.93. The van der Waals surface area contributed by atoms with Crippen LogP contribution in [-0.4, -0.2) is 26.5 Å². The number of para-hydroxylation sites is 1. The number of ether oxygens (including phenoxy) is 1. The van der Waals surface area contributed by atoms with Crippen molar-refractivity contribution >= 4 is 10.9 Å². The van der Waals surface area contributed by atoms with Crippen LogP contribution in [-0.2, 0) is 4.74 Å². The monoisotopic (exact) mass is 323 g/mol. The Morgan fingerprint density at radius 2 is 2.12 bits per heavy atom. The van der Waals surface area contributed by atoms with E-state index in [9.17, 15) is 5.11 Å². The van der Waals surface area contributed by atoms with Gasteiger partial charge in [-0.2, -0.15) is 5.10 Å². The van der Waals surface area contributed by atoms with Gasteiger partial charge in [0.15, 0.2) is 6.23 Å². The first-order chi connectivity index (χ1) is 11.6. The average molecular weight is 323 g/mol. The van der Waals surface area contributed by atoms with Gasteiger partial charge in [-0.05, 0) is 50.8 Å². The van der Waals surface area contributed by atoms with Crippen molar-refractivity contribution in [2.45, 2.75) is 39.3 Å². The Hall–Kier alpha value is -2.40. The van der Waals surface area contributed by atoms with E-state index in [1.807, 2.05) is 29.9 Å². The number of aromatic nitrogens is 3. The molecular weight excluding hydrogens is 302 g/mol. The van der Waals surface area contributed by atoms with Gasteiger partial charge in [0.25, 0.3) is 0 Å². The van der Waals surface area contributed by atoms with Crippen molar-refractivity contribution < 1.29 is 9.84 Å². The van der Waals surface area contributed by atoms with E-state index >= 15 is 0 Å². The summed E-state index contributed by atoms with van der Waals surface area (Å²) in [6.07, 6.45) is 5.10. The fourth-order valence-electron chi connectivity index (χ4n) is 3.48. The minimum absolute atomic E-state index is 0.0247. The first-order valence-corrected chi connectivity index (χ1v) is 8.40. The summed E-state index contributed by atoms with van der Waals surface area (Å²) in [6.45, 7) is 4.79. The maximum absolute atomic E-state index is 10.2. The standard InChI is InChI=1S/C19H21N3O2/c1-12-11-20-22(17-8-3-4-9-24-17)19(12)15-10-13(2)21-18-14(15)6-5-7-16(18)23/h5-7,10-11,17,23H,3-4,8-9H2,1-2H3. The molecule has 1 aliphatic rings. The van der Waals surface area contributed by atoms with Crippen LogP contribution < -0.4 is 0 Å². The van der Waals surface area contributed by atoms with Gasteiger partial charge < -0.3 is 9.84 Å². The number of aromatic hydroxyl groups is 1. The predicted molar refractivity (Wildman–Crippen MR) is 92.9 cm³/mol. The van der Waals surface area contributed by atoms with E-state index < -0.39 is 0 Å². The van der Waals surface area contributed by atoms with Gasteiger partial charge in [0.05, 0.1) is 11.9 Å². The molecule has 1 atom stereocenters. The highest BCUT2D eigenvalue weighted by Crippen LogP contribution is 2.36. The number of phenolic OH excluding ortho intramolecular Hbond substituents is 1. The van der Waals surface area contributed by atoms with Crippen molar-refractivity contribution in [2.24, 2.45) is 0 Å². The van der Waals surface area contributed by atoms with Gasteiger partial charge in [-0.25, -0.2) is 9.67 Å². The van der Waals surface area contributed by atoms with E-state index in [0.29, 0.717) is 5.52 Å². The van der Waals surface area contributed by atoms with Gasteiger partial charge in [-0.3, -0.25) is 0 Å². The molecule has 3 heterocycles. The number of nitrogens with zero attached hydrogens (tertiary/aromatic N) is 3. The largest absolute Gasteiger partial charge is 0.506 e. The third kappa shape index (κ3) is 2.45. The second-order valence-electron chi connectivity index (χ2n) is 6.43. The van der Waals surface area contributed by atoms with Gasteiger partial charge in [0.2, 0.25) is 0 Å². The Kier molecular flexibility index (Phi) is 3.73. The lowest BCUT2D eigenvalue weighted by molar-refractivity contribution is -0.0383. The first-order valence-electron chi connectivity index (χ1n) is 8.40. The summed E-state index contributed by atoms with van der Waals surface area (Å²) >= 11 is 0. The number of phenols is 1. The zero-order valence-electron chi connectivity index (χ0n) is 14.0. The van der Waals surface area contributed by atoms with Crippen molar-refractivity contribution in [3.8, 4) is 17.0 Å². The third-order valence-corrected chi connectivity index (χ3v) is 4.61. The lowest BCUT2D eigenvalue weighted by Crippen LogP contribution is -2.20. The molecule has 1 fully saturated rings. The Bertz CT molecular complexity index is 895. The normalized spacial score (nSPS) is 18.2. The van der Waals surface area contributed by atoms with Crippen LogP contribution in [0, 0.1) is 13.8 Å². The van der Waals surface area contributed by atoms with Gasteiger partial charge in [-0.15, -0.1) is 0 Å². The molecule has 1 N–H and O–H groups in total. The summed E-state index contributed by atoms with van der Waals surface area (Å²) in [7, 11) is 0. The van der Waals surface area contributed by atoms with Crippen molar-refractivity contribution in [2.75, 3.05) is 6.61 Å². The van der Waals surface area contributed by atoms with Crippen LogP contribution in [0.15, 0.2) is 30.5 Å². The fourth-order valence-corrected chi connectivity index (χ4v) is 3.48. The van der Waals surface area contributed by atoms with Crippen LogP contribution >= 0.6 is 0 Å². The molecule has 0 bridgehead atoms. The topological polar surface area (TPSA) is 60.2 Å². The maximum atomic E-state index is 10.2. The minimum atomic E-state index is -0.0247. The lowest BCUT2D eigenvalue weighted by atomic mass is 10.0. The van der Waals surface area contributed by atoms with Crippen LogP contribution in [0.1, 0.15) is 36.7 Å². The molecule has 1 aromatic carbocycles. The maximum Gasteiger partial charge on any atom is 0.150 e. The molecule has 0 amide bonds. The molecule has 5 heteroatoms. The third-order valence-electron chi connectivity index (χ3n) is 4.61. The highest BCUT2D eigenvalue weighted by Gasteiger charge is 2.23. The molecule has 1 unspecified atom stereocenters. The van der Waals surface area contributed by atoms with Crippen molar-refractivity contribution in [1.82, 2.24) is 14.8 Å². The molecule has 124 valence electrons. The van der Waals surface area contributed by atoms with Gasteiger partial charge in [0.1, 0.15) is 11.3 Å². The van der Waals surface area contributed by atoms with Crippen molar-refractivity contribution in [1.29, 1.82) is 0 Å². The Labute approximate surface area is 140 Å². The number of hydrogen-bond acceptors (Lipinski definition) is 4. The molecule has 0 aliphatic carbocycles. The number of fused-ring (bicyclic) bond motifs is 1. The van der Waals surface area contributed by atoms with E-state index in [4.69, 9.17) is 4.74 Å². The molecule has 0 saturated carbocycles. The molecular formula is C19H21N3O2. The Balaban J connectivity index is 1.95. The van der Waals surface area contributed by atoms with Crippen LogP contribution in [0.2, 0.25) is 0 Å². The Morgan fingerprint density at radius 1 is 1.25 bits per heavy atom. The molecule has 2 aromatic heterocycles. The number of aryl methyl sites for hydroxylation is 2. The van der Waals surface area contributed by atoms with Crippen molar-refractivity contribution in [3.05, 3.63) is 41.7 Å². The number of benzene rings is 1. The second kappa shape index (κ2) is 5.91. The first kappa shape index (κ1) is 15.1.